The molecule has 3 amide bonds. The zero-order valence-corrected chi connectivity index (χ0v) is 36.2. The molecule has 2 saturated heterocycles. The molecular weight excluding hydrogens is 847 g/mol. The van der Waals surface area contributed by atoms with Gasteiger partial charge in [-0.1, -0.05) is 11.6 Å². The van der Waals surface area contributed by atoms with Crippen molar-refractivity contribution in [1.29, 1.82) is 0 Å². The molecule has 13 nitrogen and oxygen atoms in total. The van der Waals surface area contributed by atoms with Crippen LogP contribution in [-0.4, -0.2) is 90.6 Å². The number of amides is 3. The molecule has 4 fully saturated rings. The molecule has 4 aliphatic carbocycles. The van der Waals surface area contributed by atoms with Gasteiger partial charge in [-0.05, 0) is 119 Å². The van der Waals surface area contributed by atoms with Crippen LogP contribution in [0.3, 0.4) is 0 Å². The number of rotatable bonds is 1. The maximum atomic E-state index is 13.2. The number of ether oxygens (including phenoxy) is 1. The van der Waals surface area contributed by atoms with Crippen LogP contribution in [0.25, 0.3) is 33.8 Å². The highest BCUT2D eigenvalue weighted by Crippen LogP contribution is 2.60. The minimum absolute atomic E-state index is 0.00203. The minimum atomic E-state index is -4.48. The van der Waals surface area contributed by atoms with E-state index in [2.05, 4.69) is 40.9 Å². The van der Waals surface area contributed by atoms with E-state index < -0.39 is 17.5 Å². The zero-order chi connectivity index (χ0) is 44.3. The number of likely N-dealkylation sites (tertiary alicyclic amines) is 1. The van der Waals surface area contributed by atoms with E-state index in [0.29, 0.717) is 29.5 Å². The highest BCUT2D eigenvalue weighted by molar-refractivity contribution is 6.29. The van der Waals surface area contributed by atoms with Gasteiger partial charge in [-0.3, -0.25) is 19.6 Å². The van der Waals surface area contributed by atoms with Gasteiger partial charge in [0.15, 0.2) is 0 Å². The average Bonchev–Trinajstić information content (AvgIpc) is 4.07. The number of alkyl halides is 3. The summed E-state index contributed by atoms with van der Waals surface area (Å²) in [6.45, 7) is 8.38. The Labute approximate surface area is 370 Å². The molecular formula is C47H45ClF3N9O4. The second kappa shape index (κ2) is 13.0. The van der Waals surface area contributed by atoms with Crippen LogP contribution < -0.4 is 16.0 Å². The van der Waals surface area contributed by atoms with Crippen molar-refractivity contribution in [3.63, 3.8) is 0 Å². The Morgan fingerprint density at radius 1 is 0.750 bits per heavy atom. The van der Waals surface area contributed by atoms with Gasteiger partial charge in [0.1, 0.15) is 16.4 Å². The molecule has 0 bridgehead atoms. The Morgan fingerprint density at radius 3 is 1.83 bits per heavy atom. The molecule has 330 valence electrons. The van der Waals surface area contributed by atoms with Crippen molar-refractivity contribution in [2.45, 2.75) is 106 Å². The summed E-state index contributed by atoms with van der Waals surface area (Å²) in [7, 11) is 0. The van der Waals surface area contributed by atoms with Gasteiger partial charge in [0.05, 0.1) is 50.1 Å². The lowest BCUT2D eigenvalue weighted by molar-refractivity contribution is -0.141. The number of aromatic nitrogens is 5. The molecule has 0 unspecified atom stereocenters. The molecule has 0 aromatic carbocycles. The lowest BCUT2D eigenvalue weighted by Crippen LogP contribution is -2.73. The average molecular weight is 892 g/mol. The number of aryl methyl sites for hydroxylation is 2. The normalized spacial score (nSPS) is 21.4. The van der Waals surface area contributed by atoms with Crippen molar-refractivity contribution in [3.05, 3.63) is 98.5 Å². The number of hydrogen-bond acceptors (Lipinski definition) is 8. The van der Waals surface area contributed by atoms with Gasteiger partial charge in [-0.15, -0.1) is 0 Å². The standard InChI is InChI=1S/C24H20F3N5O.C23H25ClN4O3/c25-24(26,27)17-4-2-13(9-30-17)16-7-15-12(8-29-16)1-3-14-18-20(31-19(14)15)22(10-28-11-22)23(5-6-23)32-21(18)33;1-21(2,3)31-20(30)28-10-22(11-28)18-16(19(29)27-23(22)6-7-23)13-5-4-12-9-25-15(24)8-14(12)17(13)26-18/h2,4,7-9,28,31H,1,3,5-6,10-11H2,(H,32,33);8-9,26H,4-7,10-11H2,1-3H3,(H,27,29). The van der Waals surface area contributed by atoms with Crippen LogP contribution in [0.1, 0.15) is 107 Å². The van der Waals surface area contributed by atoms with Crippen molar-refractivity contribution in [1.82, 2.24) is 45.8 Å². The molecule has 4 spiro atoms. The summed E-state index contributed by atoms with van der Waals surface area (Å²) >= 11 is 6.19. The molecule has 9 heterocycles. The zero-order valence-electron chi connectivity index (χ0n) is 35.5. The lowest BCUT2D eigenvalue weighted by Gasteiger charge is -2.56. The highest BCUT2D eigenvalue weighted by Gasteiger charge is 2.71. The summed E-state index contributed by atoms with van der Waals surface area (Å²) in [6, 6.07) is 6.15. The number of nitrogens with one attached hydrogen (secondary N) is 5. The van der Waals surface area contributed by atoms with Crippen molar-refractivity contribution < 1.29 is 32.3 Å². The van der Waals surface area contributed by atoms with Gasteiger partial charge >= 0.3 is 12.3 Å². The number of carbonyl (C=O) groups excluding carboxylic acids is 3. The first-order valence-electron chi connectivity index (χ1n) is 22.0. The minimum Gasteiger partial charge on any atom is -0.444 e. The lowest BCUT2D eigenvalue weighted by atomic mass is 9.65. The number of H-pyrrole nitrogens is 2. The number of pyridine rings is 3. The quantitative estimate of drug-likeness (QED) is 0.113. The number of aromatic amines is 2. The Bertz CT molecular complexity index is 2880. The van der Waals surface area contributed by atoms with Gasteiger partial charge in [0.2, 0.25) is 0 Å². The molecule has 64 heavy (non-hydrogen) atoms. The van der Waals surface area contributed by atoms with Gasteiger partial charge in [-0.2, -0.15) is 13.2 Å². The monoisotopic (exact) mass is 891 g/mol. The molecule has 8 aliphatic rings. The summed E-state index contributed by atoms with van der Waals surface area (Å²) in [6.07, 6.45) is 7.00. The van der Waals surface area contributed by atoms with Gasteiger partial charge in [-0.25, -0.2) is 9.78 Å². The second-order valence-corrected chi connectivity index (χ2v) is 20.3. The third kappa shape index (κ3) is 5.59. The van der Waals surface area contributed by atoms with E-state index >= 15 is 0 Å². The van der Waals surface area contributed by atoms with Crippen LogP contribution in [0.4, 0.5) is 18.0 Å². The summed E-state index contributed by atoms with van der Waals surface area (Å²) < 4.78 is 44.3. The van der Waals surface area contributed by atoms with E-state index in [4.69, 9.17) is 16.3 Å². The fourth-order valence-electron chi connectivity index (χ4n) is 11.6. The van der Waals surface area contributed by atoms with Crippen LogP contribution in [0.5, 0.6) is 0 Å². The fourth-order valence-corrected chi connectivity index (χ4v) is 11.8. The van der Waals surface area contributed by atoms with Gasteiger partial charge in [0, 0.05) is 72.8 Å². The number of hydrogen-bond donors (Lipinski definition) is 5. The van der Waals surface area contributed by atoms with Gasteiger partial charge < -0.3 is 35.6 Å². The number of nitrogens with zero attached hydrogens (tertiary/aromatic N) is 4. The smallest absolute Gasteiger partial charge is 0.433 e. The number of halogens is 4. The molecule has 2 saturated carbocycles. The van der Waals surface area contributed by atoms with E-state index in [1.54, 1.807) is 11.1 Å². The third-order valence-electron chi connectivity index (χ3n) is 15.2. The summed E-state index contributed by atoms with van der Waals surface area (Å²) in [5.74, 6) is -0.00265. The SMILES string of the molecule is CC(C)(C)OC(=O)N1CC2(C1)c1[nH]c3c(c1C(=O)NC21CC1)CCc1cnc(Cl)cc1-3.O=C1NC2(CC2)C2(CNC2)c2[nH]c3c(c21)CCc1cnc(-c2ccc(C(F)(F)F)nc2)cc1-3. The van der Waals surface area contributed by atoms with Gasteiger partial charge in [0.25, 0.3) is 11.8 Å². The molecule has 5 N–H and O–H groups in total. The summed E-state index contributed by atoms with van der Waals surface area (Å²) in [4.78, 5) is 60.3. The van der Waals surface area contributed by atoms with E-state index in [0.717, 1.165) is 138 Å². The summed E-state index contributed by atoms with van der Waals surface area (Å²) in [5, 5.41) is 10.5. The maximum Gasteiger partial charge on any atom is 0.433 e. The highest BCUT2D eigenvalue weighted by atomic mass is 35.5. The molecule has 0 radical (unpaired) electrons. The first-order valence-corrected chi connectivity index (χ1v) is 22.3. The Morgan fingerprint density at radius 2 is 1.31 bits per heavy atom. The number of fused-ring (bicyclic) bond motifs is 14. The van der Waals surface area contributed by atoms with Crippen LogP contribution >= 0.6 is 11.6 Å². The fraction of sp³-hybridized carbons (Fsp3) is 0.447. The van der Waals surface area contributed by atoms with Crippen molar-refractivity contribution in [3.8, 4) is 33.8 Å². The molecule has 4 aliphatic heterocycles. The molecule has 17 heteroatoms. The van der Waals surface area contributed by atoms with E-state index in [1.165, 1.54) is 12.3 Å². The van der Waals surface area contributed by atoms with Crippen LogP contribution in [-0.2, 0) is 47.4 Å². The summed E-state index contributed by atoms with van der Waals surface area (Å²) in [5.41, 5.74) is 10.5. The molecule has 5 aromatic rings. The number of carbonyl (C=O) groups is 3. The van der Waals surface area contributed by atoms with Crippen molar-refractivity contribution in [2.24, 2.45) is 0 Å². The van der Waals surface area contributed by atoms with Crippen molar-refractivity contribution >= 4 is 29.5 Å². The predicted octanol–water partition coefficient (Wildman–Crippen LogP) is 6.97. The second-order valence-electron chi connectivity index (χ2n) is 20.0. The molecule has 13 rings (SSSR count). The molecule has 5 aromatic heterocycles. The first kappa shape index (κ1) is 39.8. The Balaban J connectivity index is 0.000000136. The Hall–Kier alpha value is -5.74. The maximum absolute atomic E-state index is 13.2. The van der Waals surface area contributed by atoms with E-state index in [1.807, 2.05) is 39.1 Å². The van der Waals surface area contributed by atoms with E-state index in [9.17, 15) is 27.6 Å². The first-order chi connectivity index (χ1) is 30.4. The largest absolute Gasteiger partial charge is 0.444 e. The third-order valence-corrected chi connectivity index (χ3v) is 15.4. The topological polar surface area (TPSA) is 170 Å². The van der Waals surface area contributed by atoms with E-state index in [-0.39, 0.29) is 39.8 Å². The van der Waals surface area contributed by atoms with Crippen molar-refractivity contribution in [2.75, 3.05) is 26.2 Å². The molecule has 0 atom stereocenters. The van der Waals surface area contributed by atoms with Crippen LogP contribution in [0.15, 0.2) is 42.9 Å². The Kier molecular flexibility index (Phi) is 8.06. The van der Waals surface area contributed by atoms with Crippen LogP contribution in [0, 0.1) is 0 Å². The predicted molar refractivity (Wildman–Crippen MR) is 229 cm³/mol. The van der Waals surface area contributed by atoms with Crippen LogP contribution in [0.2, 0.25) is 5.15 Å².